The first-order valence-electron chi connectivity index (χ1n) is 6.72. The number of pyridine rings is 1. The molecule has 0 saturated carbocycles. The van der Waals surface area contributed by atoms with E-state index >= 15 is 0 Å². The number of rotatable bonds is 3. The molecule has 0 radical (unpaired) electrons. The van der Waals surface area contributed by atoms with E-state index in [2.05, 4.69) is 4.98 Å². The molecule has 1 fully saturated rings. The molecule has 1 saturated heterocycles. The Kier molecular flexibility index (Phi) is 4.30. The van der Waals surface area contributed by atoms with Crippen molar-refractivity contribution in [2.75, 3.05) is 18.0 Å². The van der Waals surface area contributed by atoms with Gasteiger partial charge in [0, 0.05) is 19.5 Å². The quantitative estimate of drug-likeness (QED) is 0.798. The van der Waals surface area contributed by atoms with Gasteiger partial charge in [0.1, 0.15) is 5.69 Å². The maximum atomic E-state index is 12.6. The van der Waals surface area contributed by atoms with Crippen molar-refractivity contribution in [2.24, 2.45) is 5.92 Å². The Morgan fingerprint density at radius 1 is 1.35 bits per heavy atom. The van der Waals surface area contributed by atoms with Gasteiger partial charge >= 0.3 is 6.18 Å². The first-order valence-corrected chi connectivity index (χ1v) is 6.72. The monoisotopic (exact) mass is 286 g/mol. The second-order valence-electron chi connectivity index (χ2n) is 4.98. The van der Waals surface area contributed by atoms with E-state index in [9.17, 15) is 18.0 Å². The van der Waals surface area contributed by atoms with Gasteiger partial charge in [-0.25, -0.2) is 0 Å². The SMILES string of the molecule is CCC(=O)c1ccc(N2CCC(C(F)(F)F)CC2)cn1. The van der Waals surface area contributed by atoms with Crippen LogP contribution in [0, 0.1) is 5.92 Å². The summed E-state index contributed by atoms with van der Waals surface area (Å²) in [6.45, 7) is 2.50. The third-order valence-electron chi connectivity index (χ3n) is 3.68. The molecule has 20 heavy (non-hydrogen) atoms. The fraction of sp³-hybridized carbons (Fsp3) is 0.571. The summed E-state index contributed by atoms with van der Waals surface area (Å²) in [6, 6.07) is 3.39. The van der Waals surface area contributed by atoms with Crippen molar-refractivity contribution < 1.29 is 18.0 Å². The van der Waals surface area contributed by atoms with Crippen LogP contribution in [0.15, 0.2) is 18.3 Å². The van der Waals surface area contributed by atoms with Gasteiger partial charge in [-0.05, 0) is 25.0 Å². The smallest absolute Gasteiger partial charge is 0.370 e. The van der Waals surface area contributed by atoms with Crippen LogP contribution in [0.5, 0.6) is 0 Å². The van der Waals surface area contributed by atoms with E-state index in [0.717, 1.165) is 5.69 Å². The Hall–Kier alpha value is -1.59. The molecule has 6 heteroatoms. The van der Waals surface area contributed by atoms with Crippen molar-refractivity contribution in [3.05, 3.63) is 24.0 Å². The predicted molar refractivity (Wildman–Crippen MR) is 69.9 cm³/mol. The van der Waals surface area contributed by atoms with Crippen molar-refractivity contribution in [1.82, 2.24) is 4.98 Å². The van der Waals surface area contributed by atoms with Gasteiger partial charge in [0.15, 0.2) is 5.78 Å². The molecule has 3 nitrogen and oxygen atoms in total. The highest BCUT2D eigenvalue weighted by Gasteiger charge is 2.41. The minimum absolute atomic E-state index is 0.0349. The molecule has 1 aliphatic rings. The molecule has 0 atom stereocenters. The van der Waals surface area contributed by atoms with Gasteiger partial charge in [0.05, 0.1) is 17.8 Å². The zero-order chi connectivity index (χ0) is 14.8. The van der Waals surface area contributed by atoms with Crippen LogP contribution in [0.25, 0.3) is 0 Å². The van der Waals surface area contributed by atoms with Gasteiger partial charge < -0.3 is 4.90 Å². The maximum absolute atomic E-state index is 12.6. The molecule has 0 spiro atoms. The molecule has 1 aromatic rings. The normalized spacial score (nSPS) is 17.3. The third-order valence-corrected chi connectivity index (χ3v) is 3.68. The predicted octanol–water partition coefficient (Wildman–Crippen LogP) is 3.45. The summed E-state index contributed by atoms with van der Waals surface area (Å²) < 4.78 is 37.7. The molecule has 2 rings (SSSR count). The zero-order valence-corrected chi connectivity index (χ0v) is 11.3. The number of hydrogen-bond acceptors (Lipinski definition) is 3. The van der Waals surface area contributed by atoms with Gasteiger partial charge in [-0.15, -0.1) is 0 Å². The van der Waals surface area contributed by atoms with Crippen LogP contribution in [-0.2, 0) is 0 Å². The van der Waals surface area contributed by atoms with Crippen molar-refractivity contribution >= 4 is 11.5 Å². The molecule has 0 aliphatic carbocycles. The number of alkyl halides is 3. The summed E-state index contributed by atoms with van der Waals surface area (Å²) >= 11 is 0. The van der Waals surface area contributed by atoms with Gasteiger partial charge in [-0.1, -0.05) is 6.92 Å². The van der Waals surface area contributed by atoms with Crippen LogP contribution in [-0.4, -0.2) is 30.0 Å². The van der Waals surface area contributed by atoms with Crippen LogP contribution in [0.3, 0.4) is 0 Å². The molecular weight excluding hydrogens is 269 g/mol. The first-order chi connectivity index (χ1) is 9.41. The van der Waals surface area contributed by atoms with Crippen LogP contribution in [0.2, 0.25) is 0 Å². The van der Waals surface area contributed by atoms with Crippen molar-refractivity contribution in [3.8, 4) is 0 Å². The second-order valence-corrected chi connectivity index (χ2v) is 4.98. The number of nitrogens with zero attached hydrogens (tertiary/aromatic N) is 2. The van der Waals surface area contributed by atoms with Crippen LogP contribution < -0.4 is 4.90 Å². The summed E-state index contributed by atoms with van der Waals surface area (Å²) in [5.74, 6) is -1.24. The number of carbonyl (C=O) groups is 1. The lowest BCUT2D eigenvalue weighted by Crippen LogP contribution is -2.39. The van der Waals surface area contributed by atoms with Crippen LogP contribution in [0.1, 0.15) is 36.7 Å². The Bertz CT molecular complexity index is 462. The summed E-state index contributed by atoms with van der Waals surface area (Å²) in [5, 5.41) is 0. The summed E-state index contributed by atoms with van der Waals surface area (Å²) in [7, 11) is 0. The summed E-state index contributed by atoms with van der Waals surface area (Å²) in [6.07, 6.45) is -1.92. The standard InChI is InChI=1S/C14H17F3N2O/c1-2-13(20)12-4-3-11(9-18-12)19-7-5-10(6-8-19)14(15,16)17/h3-4,9-10H,2,5-8H2,1H3. The Balaban J connectivity index is 1.99. The highest BCUT2D eigenvalue weighted by atomic mass is 19.4. The number of aromatic nitrogens is 1. The average molecular weight is 286 g/mol. The van der Waals surface area contributed by atoms with E-state index in [-0.39, 0.29) is 18.6 Å². The minimum atomic E-state index is -4.10. The molecule has 0 bridgehead atoms. The minimum Gasteiger partial charge on any atom is -0.370 e. The zero-order valence-electron chi connectivity index (χ0n) is 11.3. The van der Waals surface area contributed by atoms with E-state index in [1.54, 1.807) is 25.3 Å². The van der Waals surface area contributed by atoms with Gasteiger partial charge in [0.2, 0.25) is 0 Å². The Morgan fingerprint density at radius 3 is 2.45 bits per heavy atom. The largest absolute Gasteiger partial charge is 0.391 e. The summed E-state index contributed by atoms with van der Waals surface area (Å²) in [4.78, 5) is 17.4. The Morgan fingerprint density at radius 2 is 2.00 bits per heavy atom. The molecule has 2 heterocycles. The van der Waals surface area contributed by atoms with Crippen molar-refractivity contribution in [2.45, 2.75) is 32.4 Å². The molecular formula is C14H17F3N2O. The van der Waals surface area contributed by atoms with Gasteiger partial charge in [-0.2, -0.15) is 13.2 Å². The van der Waals surface area contributed by atoms with Crippen LogP contribution in [0.4, 0.5) is 18.9 Å². The van der Waals surface area contributed by atoms with E-state index in [1.165, 1.54) is 0 Å². The number of hydrogen-bond donors (Lipinski definition) is 0. The number of carbonyl (C=O) groups excluding carboxylic acids is 1. The lowest BCUT2D eigenvalue weighted by atomic mass is 9.96. The van der Waals surface area contributed by atoms with Gasteiger partial charge in [0.25, 0.3) is 0 Å². The highest BCUT2D eigenvalue weighted by Crippen LogP contribution is 2.35. The van der Waals surface area contributed by atoms with Crippen molar-refractivity contribution in [3.63, 3.8) is 0 Å². The molecule has 0 N–H and O–H groups in total. The molecule has 0 aromatic carbocycles. The molecule has 1 aliphatic heterocycles. The average Bonchev–Trinajstić information content (AvgIpc) is 2.46. The number of anilines is 1. The molecule has 0 unspecified atom stereocenters. The summed E-state index contributed by atoms with van der Waals surface area (Å²) in [5.41, 5.74) is 1.18. The van der Waals surface area contributed by atoms with E-state index < -0.39 is 12.1 Å². The van der Waals surface area contributed by atoms with E-state index in [1.807, 2.05) is 4.90 Å². The number of piperidine rings is 1. The molecule has 1 aromatic heterocycles. The van der Waals surface area contributed by atoms with Gasteiger partial charge in [-0.3, -0.25) is 9.78 Å². The van der Waals surface area contributed by atoms with Crippen LogP contribution >= 0.6 is 0 Å². The first kappa shape index (κ1) is 14.8. The highest BCUT2D eigenvalue weighted by molar-refractivity contribution is 5.94. The Labute approximate surface area is 115 Å². The van der Waals surface area contributed by atoms with E-state index in [0.29, 0.717) is 25.2 Å². The number of halogens is 3. The fourth-order valence-electron chi connectivity index (χ4n) is 2.38. The molecule has 0 amide bonds. The lowest BCUT2D eigenvalue weighted by Gasteiger charge is -2.34. The fourth-order valence-corrected chi connectivity index (χ4v) is 2.38. The van der Waals surface area contributed by atoms with Crippen molar-refractivity contribution in [1.29, 1.82) is 0 Å². The lowest BCUT2D eigenvalue weighted by molar-refractivity contribution is -0.179. The number of ketones is 1. The van der Waals surface area contributed by atoms with E-state index in [4.69, 9.17) is 0 Å². The maximum Gasteiger partial charge on any atom is 0.391 e. The third kappa shape index (κ3) is 3.29. The second kappa shape index (κ2) is 5.81. The number of Topliss-reactive ketones (excluding diaryl/α,β-unsaturated/α-hetero) is 1. The molecule has 110 valence electrons. The topological polar surface area (TPSA) is 33.2 Å².